The average molecular weight is 729 g/mol. The number of benzene rings is 2. The molecule has 11 nitrogen and oxygen atoms in total. The minimum absolute atomic E-state index is 0. The fourth-order valence-corrected chi connectivity index (χ4v) is 8.25. The highest BCUT2D eigenvalue weighted by Crippen LogP contribution is 2.32. The van der Waals surface area contributed by atoms with E-state index in [-0.39, 0.29) is 54.2 Å². The first-order valence-electron chi connectivity index (χ1n) is 18.0. The Morgan fingerprint density at radius 3 is 2.35 bits per heavy atom. The predicted octanol–water partition coefficient (Wildman–Crippen LogP) is 7.44. The van der Waals surface area contributed by atoms with Crippen molar-refractivity contribution in [1.29, 1.82) is 0 Å². The number of aryl methyl sites for hydroxylation is 2. The number of carbonyl (C=O) groups excluding carboxylic acids is 1. The van der Waals surface area contributed by atoms with E-state index in [1.165, 1.54) is 12.1 Å². The van der Waals surface area contributed by atoms with Crippen LogP contribution in [-0.4, -0.2) is 72.1 Å². The maximum absolute atomic E-state index is 14.7. The van der Waals surface area contributed by atoms with E-state index in [0.717, 1.165) is 41.0 Å². The maximum atomic E-state index is 14.7. The summed E-state index contributed by atoms with van der Waals surface area (Å²) >= 11 is 0. The van der Waals surface area contributed by atoms with Gasteiger partial charge in [-0.2, -0.15) is 4.98 Å². The molecule has 2 aliphatic rings. The SMILES string of the molecule is Cc1cccc(C)c1-c1cc2nc(n1)NS(=O)(=O)c1cccc(c1)C(=O)N(Cc1cccc(N(C(C)C)C3CCOCC3)n1)[C@H](CC(C)(C)C)CO2.[HH]. The molecule has 0 saturated carbocycles. The molecule has 0 aliphatic carbocycles. The zero-order valence-electron chi connectivity index (χ0n) is 31.2. The zero-order valence-corrected chi connectivity index (χ0v) is 32.0. The molecular weight excluding hydrogens is 677 g/mol. The molecule has 2 aromatic heterocycles. The van der Waals surface area contributed by atoms with Crippen molar-refractivity contribution in [3.8, 4) is 17.1 Å². The van der Waals surface area contributed by atoms with Crippen molar-refractivity contribution in [1.82, 2.24) is 19.9 Å². The molecule has 1 atom stereocenters. The molecule has 0 spiro atoms. The van der Waals surface area contributed by atoms with Crippen molar-refractivity contribution in [2.24, 2.45) is 5.41 Å². The van der Waals surface area contributed by atoms with Crippen molar-refractivity contribution in [3.05, 3.63) is 89.1 Å². The molecule has 4 heterocycles. The molecule has 2 aliphatic heterocycles. The van der Waals surface area contributed by atoms with Gasteiger partial charge in [0, 0.05) is 43.9 Å². The van der Waals surface area contributed by atoms with Crippen molar-refractivity contribution < 1.29 is 24.1 Å². The molecule has 4 bridgehead atoms. The lowest BCUT2D eigenvalue weighted by atomic mass is 9.87. The quantitative estimate of drug-likeness (QED) is 0.207. The third kappa shape index (κ3) is 8.56. The number of pyridine rings is 1. The average Bonchev–Trinajstić information content (AvgIpc) is 3.08. The Kier molecular flexibility index (Phi) is 10.9. The van der Waals surface area contributed by atoms with Gasteiger partial charge in [-0.05, 0) is 93.8 Å². The summed E-state index contributed by atoms with van der Waals surface area (Å²) in [7, 11) is -4.18. The van der Waals surface area contributed by atoms with Gasteiger partial charge < -0.3 is 19.3 Å². The van der Waals surface area contributed by atoms with Gasteiger partial charge in [0.05, 0.1) is 28.9 Å². The molecule has 1 saturated heterocycles. The van der Waals surface area contributed by atoms with Crippen molar-refractivity contribution >= 4 is 27.7 Å². The highest BCUT2D eigenvalue weighted by molar-refractivity contribution is 7.92. The van der Waals surface area contributed by atoms with E-state index in [1.54, 1.807) is 23.1 Å². The van der Waals surface area contributed by atoms with E-state index in [2.05, 4.69) is 54.2 Å². The first-order chi connectivity index (χ1) is 24.7. The number of sulfonamides is 1. The van der Waals surface area contributed by atoms with Gasteiger partial charge >= 0.3 is 0 Å². The Labute approximate surface area is 309 Å². The van der Waals surface area contributed by atoms with Crippen LogP contribution in [-0.2, 0) is 21.3 Å². The summed E-state index contributed by atoms with van der Waals surface area (Å²) in [6.07, 6.45) is 2.43. The molecule has 278 valence electrons. The molecule has 6 rings (SSSR count). The first-order valence-corrected chi connectivity index (χ1v) is 19.5. The van der Waals surface area contributed by atoms with Gasteiger partial charge in [-0.15, -0.1) is 0 Å². The summed E-state index contributed by atoms with van der Waals surface area (Å²) in [6.45, 7) is 16.4. The minimum Gasteiger partial charge on any atom is -0.475 e. The lowest BCUT2D eigenvalue weighted by Gasteiger charge is -2.39. The number of amides is 1. The lowest BCUT2D eigenvalue weighted by Crippen LogP contribution is -2.46. The number of aromatic nitrogens is 3. The Balaban J connectivity index is 0.00000541. The fraction of sp³-hybridized carbons (Fsp3) is 0.450. The summed E-state index contributed by atoms with van der Waals surface area (Å²) in [4.78, 5) is 33.0. The number of fused-ring (bicyclic) bond motifs is 4. The molecule has 52 heavy (non-hydrogen) atoms. The third-order valence-corrected chi connectivity index (χ3v) is 10.9. The number of nitrogens with zero attached hydrogens (tertiary/aromatic N) is 5. The monoisotopic (exact) mass is 728 g/mol. The molecule has 4 aromatic rings. The van der Waals surface area contributed by atoms with Gasteiger partial charge in [-0.25, -0.2) is 23.1 Å². The smallest absolute Gasteiger partial charge is 0.264 e. The van der Waals surface area contributed by atoms with Gasteiger partial charge in [0.2, 0.25) is 11.8 Å². The van der Waals surface area contributed by atoms with Crippen molar-refractivity contribution in [3.63, 3.8) is 0 Å². The Bertz CT molecular complexity index is 2010. The number of anilines is 2. The van der Waals surface area contributed by atoms with Crippen LogP contribution in [0, 0.1) is 19.3 Å². The Hall–Kier alpha value is -4.55. The Morgan fingerprint density at radius 2 is 1.65 bits per heavy atom. The second-order valence-electron chi connectivity index (χ2n) is 15.3. The van der Waals surface area contributed by atoms with Crippen LogP contribution in [0.5, 0.6) is 5.88 Å². The summed E-state index contributed by atoms with van der Waals surface area (Å²) < 4.78 is 42.2. The molecule has 1 fully saturated rings. The molecule has 2 aromatic carbocycles. The lowest BCUT2D eigenvalue weighted by molar-refractivity contribution is 0.0509. The van der Waals surface area contributed by atoms with Crippen LogP contribution >= 0.6 is 0 Å². The summed E-state index contributed by atoms with van der Waals surface area (Å²) in [5, 5.41) is 0. The van der Waals surface area contributed by atoms with Crippen LogP contribution in [0.3, 0.4) is 0 Å². The van der Waals surface area contributed by atoms with E-state index in [9.17, 15) is 13.2 Å². The second kappa shape index (κ2) is 15.2. The summed E-state index contributed by atoms with van der Waals surface area (Å²) in [6, 6.07) is 19.8. The molecular formula is C40H52N6O5S. The van der Waals surface area contributed by atoms with Crippen molar-refractivity contribution in [2.45, 2.75) is 97.3 Å². The van der Waals surface area contributed by atoms with Gasteiger partial charge in [-0.1, -0.05) is 51.1 Å². The van der Waals surface area contributed by atoms with Gasteiger partial charge in [-0.3, -0.25) is 4.79 Å². The predicted molar refractivity (Wildman–Crippen MR) is 205 cm³/mol. The number of rotatable bonds is 7. The second-order valence-corrected chi connectivity index (χ2v) is 17.0. The fourth-order valence-electron chi connectivity index (χ4n) is 7.26. The number of hydrogen-bond acceptors (Lipinski definition) is 9. The van der Waals surface area contributed by atoms with E-state index >= 15 is 0 Å². The van der Waals surface area contributed by atoms with E-state index in [0.29, 0.717) is 31.4 Å². The molecule has 0 unspecified atom stereocenters. The van der Waals surface area contributed by atoms with Crippen molar-refractivity contribution in [2.75, 3.05) is 29.4 Å². The van der Waals surface area contributed by atoms with Crippen LogP contribution in [0.4, 0.5) is 11.8 Å². The van der Waals surface area contributed by atoms with Crippen LogP contribution in [0.1, 0.15) is 82.5 Å². The Morgan fingerprint density at radius 1 is 0.962 bits per heavy atom. The third-order valence-electron chi connectivity index (χ3n) is 9.56. The molecule has 12 heteroatoms. The zero-order chi connectivity index (χ0) is 37.2. The highest BCUT2D eigenvalue weighted by atomic mass is 32.2. The van der Waals surface area contributed by atoms with E-state index in [1.807, 2.05) is 50.2 Å². The number of hydrogen-bond donors (Lipinski definition) is 1. The van der Waals surface area contributed by atoms with E-state index in [4.69, 9.17) is 14.5 Å². The van der Waals surface area contributed by atoms with Crippen LogP contribution in [0.2, 0.25) is 0 Å². The topological polar surface area (TPSA) is 127 Å². The van der Waals surface area contributed by atoms with Crippen LogP contribution < -0.4 is 14.4 Å². The van der Waals surface area contributed by atoms with Gasteiger partial charge in [0.15, 0.2) is 0 Å². The number of nitrogens with one attached hydrogen (secondary N) is 1. The summed E-state index contributed by atoms with van der Waals surface area (Å²) in [5.41, 5.74) is 4.13. The molecule has 0 radical (unpaired) electrons. The standard InChI is InChI=1S/C40H50N6O5S.H2/c1-26(2)46(31-17-19-50-20-18-31)35-16-10-14-30(41-35)24-45-32(23-40(5,6)7)25-51-36-22-34(37-27(3)11-8-12-28(37)4)42-39(43-36)44-52(48,49)33-15-9-13-29(21-33)38(45)47;/h8-16,21-22,26,31-32H,17-20,23-25H2,1-7H3,(H,42,43,44);1H/t32-;/m1./s1. The largest absolute Gasteiger partial charge is 0.475 e. The first kappa shape index (κ1) is 37.2. The van der Waals surface area contributed by atoms with Crippen LogP contribution in [0.15, 0.2) is 71.6 Å². The normalized spacial score (nSPS) is 18.1. The van der Waals surface area contributed by atoms with Gasteiger partial charge in [0.25, 0.3) is 15.9 Å². The van der Waals surface area contributed by atoms with Gasteiger partial charge in [0.1, 0.15) is 12.4 Å². The molecule has 1 N–H and O–H groups in total. The number of ether oxygens (including phenoxy) is 2. The minimum atomic E-state index is -4.18. The highest BCUT2D eigenvalue weighted by Gasteiger charge is 2.32. The van der Waals surface area contributed by atoms with E-state index < -0.39 is 16.1 Å². The van der Waals surface area contributed by atoms with Crippen LogP contribution in [0.25, 0.3) is 11.3 Å². The number of carbonyl (C=O) groups is 1. The maximum Gasteiger partial charge on any atom is 0.264 e. The summed E-state index contributed by atoms with van der Waals surface area (Å²) in [5.74, 6) is 0.621. The molecule has 1 amide bonds.